The van der Waals surface area contributed by atoms with Gasteiger partial charge in [-0.15, -0.1) is 22.7 Å². The van der Waals surface area contributed by atoms with Gasteiger partial charge in [-0.3, -0.25) is 4.31 Å². The fourth-order valence-corrected chi connectivity index (χ4v) is 6.05. The van der Waals surface area contributed by atoms with E-state index >= 15 is 0 Å². The zero-order valence-corrected chi connectivity index (χ0v) is 16.8. The number of para-hydroxylation sites is 1. The predicted molar refractivity (Wildman–Crippen MR) is 115 cm³/mol. The Morgan fingerprint density at radius 3 is 2.81 bits per heavy atom. The zero-order chi connectivity index (χ0) is 18.3. The van der Waals surface area contributed by atoms with Crippen molar-refractivity contribution in [2.24, 2.45) is 0 Å². The highest BCUT2D eigenvalue weighted by Crippen LogP contribution is 2.34. The van der Waals surface area contributed by atoms with Gasteiger partial charge in [0.2, 0.25) is 0 Å². The quantitative estimate of drug-likeness (QED) is 0.483. The van der Waals surface area contributed by atoms with E-state index in [4.69, 9.17) is 0 Å². The van der Waals surface area contributed by atoms with Crippen LogP contribution in [0.1, 0.15) is 0 Å². The molecule has 0 radical (unpaired) electrons. The Bertz CT molecular complexity index is 1160. The summed E-state index contributed by atoms with van der Waals surface area (Å²) in [4.78, 5) is 7.99. The lowest BCUT2D eigenvalue weighted by Crippen LogP contribution is -2.25. The third-order valence-electron chi connectivity index (χ3n) is 4.22. The lowest BCUT2D eigenvalue weighted by atomic mass is 10.2. The van der Waals surface area contributed by atoms with Gasteiger partial charge in [0.1, 0.15) is 4.21 Å². The zero-order valence-electron chi connectivity index (χ0n) is 14.4. The van der Waals surface area contributed by atoms with Gasteiger partial charge in [0.05, 0.1) is 32.3 Å². The maximum Gasteiger partial charge on any atom is 0.183 e. The van der Waals surface area contributed by atoms with Crippen LogP contribution in [0.25, 0.3) is 22.3 Å². The molecule has 26 heavy (non-hydrogen) atoms. The second-order valence-corrected chi connectivity index (χ2v) is 10.1. The van der Waals surface area contributed by atoms with Crippen LogP contribution in [0.5, 0.6) is 0 Å². The first-order valence-corrected chi connectivity index (χ1v) is 11.3. The summed E-state index contributed by atoms with van der Waals surface area (Å²) < 4.78 is 15.8. The third kappa shape index (κ3) is 2.80. The van der Waals surface area contributed by atoms with Crippen LogP contribution < -0.4 is 9.62 Å². The molecule has 4 aromatic rings. The van der Waals surface area contributed by atoms with Crippen molar-refractivity contribution in [3.8, 4) is 11.4 Å². The molecule has 0 amide bonds. The molecule has 2 N–H and O–H groups in total. The van der Waals surface area contributed by atoms with Crippen molar-refractivity contribution in [2.75, 3.05) is 23.7 Å². The standard InChI is InChI=1S/C18H18N4OS3/c1-19-18-21-14(11-25-18)13-10-12-6-4-7-15(17(12)20-13)22(2)26(3,23)16-8-5-9-24-16/h4-11,20H,3H2,1-2H3,(H,19,21). The highest BCUT2D eigenvalue weighted by Gasteiger charge is 2.19. The molecule has 0 fully saturated rings. The minimum absolute atomic E-state index is 0.766. The highest BCUT2D eigenvalue weighted by atomic mass is 32.2. The van der Waals surface area contributed by atoms with Gasteiger partial charge in [-0.1, -0.05) is 18.2 Å². The Morgan fingerprint density at radius 1 is 1.27 bits per heavy atom. The summed E-state index contributed by atoms with van der Waals surface area (Å²) in [5.41, 5.74) is 3.60. The second kappa shape index (κ2) is 6.46. The molecule has 134 valence electrons. The van der Waals surface area contributed by atoms with E-state index in [0.717, 1.165) is 37.3 Å². The Balaban J connectivity index is 1.81. The number of hydrogen-bond donors (Lipinski definition) is 2. The lowest BCUT2D eigenvalue weighted by molar-refractivity contribution is 0.681. The number of anilines is 2. The highest BCUT2D eigenvalue weighted by molar-refractivity contribution is 8.03. The van der Waals surface area contributed by atoms with Gasteiger partial charge in [0.15, 0.2) is 5.13 Å². The van der Waals surface area contributed by atoms with Crippen molar-refractivity contribution < 1.29 is 4.21 Å². The minimum atomic E-state index is -2.59. The number of fused-ring (bicyclic) bond motifs is 1. The number of hydrogen-bond acceptors (Lipinski definition) is 5. The summed E-state index contributed by atoms with van der Waals surface area (Å²) in [6.07, 6.45) is 0. The van der Waals surface area contributed by atoms with Crippen molar-refractivity contribution >= 4 is 60.0 Å². The number of thiazole rings is 1. The molecule has 3 heterocycles. The molecule has 0 aliphatic rings. The van der Waals surface area contributed by atoms with Gasteiger partial charge in [-0.25, -0.2) is 9.19 Å². The van der Waals surface area contributed by atoms with Gasteiger partial charge in [0, 0.05) is 24.9 Å². The van der Waals surface area contributed by atoms with Crippen LogP contribution in [0, 0.1) is 0 Å². The molecule has 0 aliphatic heterocycles. The fourth-order valence-electron chi connectivity index (χ4n) is 2.79. The Morgan fingerprint density at radius 2 is 2.12 bits per heavy atom. The molecule has 3 aromatic heterocycles. The summed E-state index contributed by atoms with van der Waals surface area (Å²) in [5, 5.41) is 8.90. The van der Waals surface area contributed by atoms with Gasteiger partial charge in [-0.2, -0.15) is 0 Å². The monoisotopic (exact) mass is 402 g/mol. The largest absolute Gasteiger partial charge is 0.365 e. The first kappa shape index (κ1) is 17.1. The molecule has 8 heteroatoms. The van der Waals surface area contributed by atoms with E-state index in [2.05, 4.69) is 27.2 Å². The van der Waals surface area contributed by atoms with Gasteiger partial charge < -0.3 is 10.3 Å². The van der Waals surface area contributed by atoms with Gasteiger partial charge in [-0.05, 0) is 29.4 Å². The van der Waals surface area contributed by atoms with Gasteiger partial charge >= 0.3 is 0 Å². The van der Waals surface area contributed by atoms with Crippen molar-refractivity contribution in [2.45, 2.75) is 4.21 Å². The topological polar surface area (TPSA) is 61.0 Å². The molecular weight excluding hydrogens is 384 g/mol. The number of benzene rings is 1. The minimum Gasteiger partial charge on any atom is -0.365 e. The predicted octanol–water partition coefficient (Wildman–Crippen LogP) is 4.52. The number of nitrogens with zero attached hydrogens (tertiary/aromatic N) is 2. The average molecular weight is 403 g/mol. The lowest BCUT2D eigenvalue weighted by Gasteiger charge is -2.23. The fraction of sp³-hybridized carbons (Fsp3) is 0.111. The molecule has 0 aliphatic carbocycles. The summed E-state index contributed by atoms with van der Waals surface area (Å²) in [6, 6.07) is 11.8. The van der Waals surface area contributed by atoms with E-state index in [1.54, 1.807) is 15.6 Å². The molecule has 1 atom stereocenters. The molecule has 0 spiro atoms. The van der Waals surface area contributed by atoms with Crippen LogP contribution >= 0.6 is 22.7 Å². The van der Waals surface area contributed by atoms with Crippen LogP contribution in [0.4, 0.5) is 10.8 Å². The van der Waals surface area contributed by atoms with E-state index < -0.39 is 9.71 Å². The number of aromatic nitrogens is 2. The second-order valence-electron chi connectivity index (χ2n) is 5.78. The molecular formula is C18H18N4OS3. The third-order valence-corrected chi connectivity index (χ3v) is 8.66. The van der Waals surface area contributed by atoms with Crippen LogP contribution in [-0.2, 0) is 9.71 Å². The first-order chi connectivity index (χ1) is 12.5. The van der Waals surface area contributed by atoms with Gasteiger partial charge in [0.25, 0.3) is 0 Å². The number of thiophene rings is 1. The van der Waals surface area contributed by atoms with Crippen LogP contribution in [0.3, 0.4) is 0 Å². The first-order valence-electron chi connectivity index (χ1n) is 7.91. The summed E-state index contributed by atoms with van der Waals surface area (Å²) >= 11 is 3.02. The number of aromatic amines is 1. The number of rotatable bonds is 5. The van der Waals surface area contributed by atoms with Crippen molar-refractivity contribution in [3.63, 3.8) is 0 Å². The van der Waals surface area contributed by atoms with E-state index in [-0.39, 0.29) is 0 Å². The molecule has 0 saturated heterocycles. The van der Waals surface area contributed by atoms with Crippen LogP contribution in [0.15, 0.2) is 51.4 Å². The molecule has 0 bridgehead atoms. The van der Waals surface area contributed by atoms with Crippen molar-refractivity contribution in [3.05, 3.63) is 47.2 Å². The van der Waals surface area contributed by atoms with E-state index in [9.17, 15) is 4.21 Å². The normalized spacial score (nSPS) is 13.6. The molecule has 1 unspecified atom stereocenters. The molecule has 4 rings (SSSR count). The smallest absolute Gasteiger partial charge is 0.183 e. The van der Waals surface area contributed by atoms with Crippen molar-refractivity contribution in [1.82, 2.24) is 9.97 Å². The van der Waals surface area contributed by atoms with Crippen LogP contribution in [-0.4, -0.2) is 34.1 Å². The molecule has 1 aromatic carbocycles. The van der Waals surface area contributed by atoms with E-state index in [0.29, 0.717) is 0 Å². The average Bonchev–Trinajstić information content (AvgIpc) is 3.39. The Labute approximate surface area is 160 Å². The maximum atomic E-state index is 13.3. The molecule has 5 nitrogen and oxygen atoms in total. The SMILES string of the molecule is C=S(=O)(c1cccs1)N(C)c1cccc2cc(-c3csc(NC)n3)[nH]c12. The van der Waals surface area contributed by atoms with Crippen LogP contribution in [0.2, 0.25) is 0 Å². The summed E-state index contributed by atoms with van der Waals surface area (Å²) in [6.45, 7) is 0. The number of nitrogens with one attached hydrogen (secondary N) is 2. The van der Waals surface area contributed by atoms with Crippen molar-refractivity contribution in [1.29, 1.82) is 0 Å². The number of H-pyrrole nitrogens is 1. The van der Waals surface area contributed by atoms with E-state index in [1.807, 2.05) is 55.2 Å². The van der Waals surface area contributed by atoms with E-state index in [1.165, 1.54) is 11.3 Å². The maximum absolute atomic E-state index is 13.3. The summed E-state index contributed by atoms with van der Waals surface area (Å²) in [5.74, 6) is 4.01. The Kier molecular flexibility index (Phi) is 4.26. The summed E-state index contributed by atoms with van der Waals surface area (Å²) in [7, 11) is 1.10. The Hall–Kier alpha value is -2.29. The molecule has 0 saturated carbocycles.